The van der Waals surface area contributed by atoms with Crippen LogP contribution < -0.4 is 0 Å². The van der Waals surface area contributed by atoms with Crippen LogP contribution in [0.5, 0.6) is 0 Å². The second kappa shape index (κ2) is 5.96. The lowest BCUT2D eigenvalue weighted by atomic mass is 10.0. The first-order valence-corrected chi connectivity index (χ1v) is 10.6. The van der Waals surface area contributed by atoms with Crippen molar-refractivity contribution in [1.82, 2.24) is 0 Å². The van der Waals surface area contributed by atoms with Gasteiger partial charge in [-0.15, -0.1) is 0 Å². The van der Waals surface area contributed by atoms with Gasteiger partial charge in [-0.05, 0) is 43.7 Å². The molecule has 1 aliphatic heterocycles. The lowest BCUT2D eigenvalue weighted by Gasteiger charge is -2.21. The standard InChI is InChI=1S/C17H16O6S2/c1-3-23-17(18)11(2)12-8-9-15-16(10-12)25(21,22)14-7-5-4-6-13(14)24(15,19)20/h4-11H,3H2,1-2H3. The Labute approximate surface area is 146 Å². The van der Waals surface area contributed by atoms with Crippen LogP contribution in [0.2, 0.25) is 0 Å². The third kappa shape index (κ3) is 2.65. The zero-order valence-corrected chi connectivity index (χ0v) is 15.2. The fourth-order valence-corrected chi connectivity index (χ4v) is 6.93. The third-order valence-corrected chi connectivity index (χ3v) is 8.10. The van der Waals surface area contributed by atoms with E-state index >= 15 is 0 Å². The Morgan fingerprint density at radius 3 is 2.00 bits per heavy atom. The first kappa shape index (κ1) is 17.6. The van der Waals surface area contributed by atoms with Gasteiger partial charge >= 0.3 is 5.97 Å². The number of ether oxygens (including phenoxy) is 1. The first-order valence-electron chi connectivity index (χ1n) is 7.61. The number of esters is 1. The molecule has 0 saturated carbocycles. The van der Waals surface area contributed by atoms with Crippen LogP contribution in [0, 0.1) is 0 Å². The van der Waals surface area contributed by atoms with E-state index in [2.05, 4.69) is 0 Å². The summed E-state index contributed by atoms with van der Waals surface area (Å²) in [6.45, 7) is 3.46. The molecule has 1 unspecified atom stereocenters. The van der Waals surface area contributed by atoms with E-state index in [1.165, 1.54) is 42.5 Å². The molecule has 2 aromatic carbocycles. The van der Waals surface area contributed by atoms with Crippen LogP contribution in [0.15, 0.2) is 62.0 Å². The minimum Gasteiger partial charge on any atom is -0.466 e. The second-order valence-corrected chi connectivity index (χ2v) is 9.41. The van der Waals surface area contributed by atoms with Crippen molar-refractivity contribution >= 4 is 25.6 Å². The summed E-state index contributed by atoms with van der Waals surface area (Å²) < 4.78 is 56.2. The summed E-state index contributed by atoms with van der Waals surface area (Å²) in [5.41, 5.74) is 0.385. The average molecular weight is 380 g/mol. The Morgan fingerprint density at radius 2 is 1.44 bits per heavy atom. The van der Waals surface area contributed by atoms with E-state index in [1.807, 2.05) is 0 Å². The molecule has 0 N–H and O–H groups in total. The number of fused-ring (bicyclic) bond motifs is 2. The van der Waals surface area contributed by atoms with Gasteiger partial charge in [0, 0.05) is 0 Å². The van der Waals surface area contributed by atoms with Crippen LogP contribution >= 0.6 is 0 Å². The van der Waals surface area contributed by atoms with Crippen molar-refractivity contribution in [3.8, 4) is 0 Å². The summed E-state index contributed by atoms with van der Waals surface area (Å²) in [6.07, 6.45) is 0. The number of rotatable bonds is 3. The van der Waals surface area contributed by atoms with Crippen molar-refractivity contribution in [1.29, 1.82) is 0 Å². The fraction of sp³-hybridized carbons (Fsp3) is 0.235. The molecule has 0 amide bonds. The number of carbonyl (C=O) groups excluding carboxylic acids is 1. The largest absolute Gasteiger partial charge is 0.466 e. The predicted octanol–water partition coefficient (Wildman–Crippen LogP) is 2.33. The highest BCUT2D eigenvalue weighted by Crippen LogP contribution is 2.41. The van der Waals surface area contributed by atoms with E-state index in [1.54, 1.807) is 13.8 Å². The van der Waals surface area contributed by atoms with Gasteiger partial charge in [-0.2, -0.15) is 0 Å². The highest BCUT2D eigenvalue weighted by atomic mass is 32.2. The van der Waals surface area contributed by atoms with Crippen molar-refractivity contribution in [3.63, 3.8) is 0 Å². The summed E-state index contributed by atoms with van der Waals surface area (Å²) in [6, 6.07) is 9.44. The van der Waals surface area contributed by atoms with Crippen LogP contribution in [0.25, 0.3) is 0 Å². The maximum absolute atomic E-state index is 12.9. The monoisotopic (exact) mass is 380 g/mol. The molecule has 1 atom stereocenters. The highest BCUT2D eigenvalue weighted by molar-refractivity contribution is 7.97. The van der Waals surface area contributed by atoms with E-state index in [0.717, 1.165) is 0 Å². The van der Waals surface area contributed by atoms with Crippen LogP contribution in [0.1, 0.15) is 25.3 Å². The van der Waals surface area contributed by atoms with E-state index in [4.69, 9.17) is 4.74 Å². The number of hydrogen-bond donors (Lipinski definition) is 0. The van der Waals surface area contributed by atoms with Crippen molar-refractivity contribution in [3.05, 3.63) is 48.0 Å². The number of sulfone groups is 2. The smallest absolute Gasteiger partial charge is 0.313 e. The Morgan fingerprint density at radius 1 is 0.920 bits per heavy atom. The third-order valence-electron chi connectivity index (χ3n) is 4.12. The van der Waals surface area contributed by atoms with E-state index in [0.29, 0.717) is 5.56 Å². The van der Waals surface area contributed by atoms with E-state index in [-0.39, 0.29) is 26.2 Å². The van der Waals surface area contributed by atoms with Crippen LogP contribution in [0.3, 0.4) is 0 Å². The molecule has 0 aromatic heterocycles. The van der Waals surface area contributed by atoms with Gasteiger partial charge in [0.25, 0.3) is 0 Å². The summed E-state index contributed by atoms with van der Waals surface area (Å²) in [5.74, 6) is -1.21. The van der Waals surface area contributed by atoms with Gasteiger partial charge in [-0.1, -0.05) is 18.2 Å². The van der Waals surface area contributed by atoms with Gasteiger partial charge in [0.2, 0.25) is 19.7 Å². The fourth-order valence-electron chi connectivity index (χ4n) is 2.76. The number of hydrogen-bond acceptors (Lipinski definition) is 6. The molecule has 0 aliphatic carbocycles. The normalized spacial score (nSPS) is 17.8. The Bertz CT molecular complexity index is 1070. The molecular weight excluding hydrogens is 364 g/mol. The minimum absolute atomic E-state index is 0.203. The quantitative estimate of drug-likeness (QED) is 0.647. The lowest BCUT2D eigenvalue weighted by Crippen LogP contribution is -2.21. The lowest BCUT2D eigenvalue weighted by molar-refractivity contribution is -0.144. The topological polar surface area (TPSA) is 94.6 Å². The summed E-state index contributed by atoms with van der Waals surface area (Å²) in [7, 11) is -7.94. The maximum atomic E-state index is 12.9. The SMILES string of the molecule is CCOC(=O)C(C)c1ccc2c(c1)S(=O)(=O)c1ccccc1S2(=O)=O. The molecular formula is C17H16O6S2. The molecule has 25 heavy (non-hydrogen) atoms. The second-order valence-electron chi connectivity index (χ2n) is 5.63. The molecule has 8 heteroatoms. The van der Waals surface area contributed by atoms with Gasteiger partial charge in [0.1, 0.15) is 0 Å². The number of carbonyl (C=O) groups is 1. The van der Waals surface area contributed by atoms with Crippen LogP contribution in [-0.4, -0.2) is 29.4 Å². The summed E-state index contributed by atoms with van der Waals surface area (Å²) >= 11 is 0. The zero-order valence-electron chi connectivity index (χ0n) is 13.6. The van der Waals surface area contributed by atoms with Gasteiger partial charge in [-0.3, -0.25) is 4.79 Å². The van der Waals surface area contributed by atoms with E-state index in [9.17, 15) is 21.6 Å². The van der Waals surface area contributed by atoms with Crippen molar-refractivity contribution < 1.29 is 26.4 Å². The highest BCUT2D eigenvalue weighted by Gasteiger charge is 2.39. The first-order chi connectivity index (χ1) is 11.7. The molecule has 6 nitrogen and oxygen atoms in total. The van der Waals surface area contributed by atoms with Crippen LogP contribution in [-0.2, 0) is 29.2 Å². The molecule has 0 saturated heterocycles. The Kier molecular flexibility index (Phi) is 4.20. The van der Waals surface area contributed by atoms with Crippen molar-refractivity contribution in [2.75, 3.05) is 6.61 Å². The van der Waals surface area contributed by atoms with Gasteiger partial charge in [0.15, 0.2) is 0 Å². The maximum Gasteiger partial charge on any atom is 0.313 e. The van der Waals surface area contributed by atoms with Crippen LogP contribution in [0.4, 0.5) is 0 Å². The molecule has 1 aliphatic rings. The molecule has 2 aromatic rings. The van der Waals surface area contributed by atoms with Crippen molar-refractivity contribution in [2.45, 2.75) is 39.3 Å². The molecule has 3 rings (SSSR count). The van der Waals surface area contributed by atoms with Crippen molar-refractivity contribution in [2.24, 2.45) is 0 Å². The molecule has 1 heterocycles. The van der Waals surface area contributed by atoms with Gasteiger partial charge in [0.05, 0.1) is 32.1 Å². The molecule has 0 spiro atoms. The van der Waals surface area contributed by atoms with Gasteiger partial charge < -0.3 is 4.74 Å². The zero-order chi connectivity index (χ0) is 18.4. The average Bonchev–Trinajstić information content (AvgIpc) is 2.60. The number of benzene rings is 2. The molecule has 0 fully saturated rings. The summed E-state index contributed by atoms with van der Waals surface area (Å²) in [5, 5.41) is 0. The predicted molar refractivity (Wildman–Crippen MR) is 88.8 cm³/mol. The molecule has 132 valence electrons. The Balaban J connectivity index is 2.24. The molecule has 0 bridgehead atoms. The Hall–Kier alpha value is -2.19. The van der Waals surface area contributed by atoms with Gasteiger partial charge in [-0.25, -0.2) is 16.8 Å². The van der Waals surface area contributed by atoms with E-state index < -0.39 is 31.6 Å². The molecule has 0 radical (unpaired) electrons. The minimum atomic E-state index is -4.00. The summed E-state index contributed by atoms with van der Waals surface area (Å²) in [4.78, 5) is 10.9.